The van der Waals surface area contributed by atoms with Crippen LogP contribution in [0.4, 0.5) is 0 Å². The van der Waals surface area contributed by atoms with Crippen molar-refractivity contribution in [3.8, 4) is 0 Å². The molecule has 0 aliphatic rings. The minimum atomic E-state index is 0. The first-order valence-electron chi connectivity index (χ1n) is 1.35. The van der Waals surface area contributed by atoms with Gasteiger partial charge in [0.2, 0.25) is 0 Å². The van der Waals surface area contributed by atoms with Crippen molar-refractivity contribution >= 4 is 0 Å². The van der Waals surface area contributed by atoms with Gasteiger partial charge in [0.15, 0.2) is 0 Å². The molecule has 0 atom stereocenters. The van der Waals surface area contributed by atoms with Gasteiger partial charge in [0, 0.05) is 21.1 Å². The van der Waals surface area contributed by atoms with Gasteiger partial charge in [-0.3, -0.25) is 0 Å². The predicted octanol–water partition coefficient (Wildman–Crippen LogP) is 1.58. The van der Waals surface area contributed by atoms with Crippen LogP contribution in [-0.2, 0) is 21.1 Å². The third-order valence-corrected chi connectivity index (χ3v) is 0. The Morgan fingerprint density at radius 2 is 1.40 bits per heavy atom. The summed E-state index contributed by atoms with van der Waals surface area (Å²) in [5.41, 5.74) is 1.17. The van der Waals surface area contributed by atoms with E-state index in [-0.39, 0.29) is 21.1 Å². The fourth-order valence-electron chi connectivity index (χ4n) is 0. The number of allylic oxidation sites excluding steroid dienone is 1. The molecule has 0 bridgehead atoms. The second-order valence-corrected chi connectivity index (χ2v) is 1.21. The molecule has 0 N–H and O–H groups in total. The predicted molar refractivity (Wildman–Crippen MR) is 20.5 cm³/mol. The van der Waals surface area contributed by atoms with Crippen molar-refractivity contribution in [3.05, 3.63) is 12.2 Å². The summed E-state index contributed by atoms with van der Waals surface area (Å²) in [6.07, 6.45) is 0. The van der Waals surface area contributed by atoms with Gasteiger partial charge >= 0.3 is 0 Å². The molecule has 5 heavy (non-hydrogen) atoms. The van der Waals surface area contributed by atoms with Crippen LogP contribution in [0.1, 0.15) is 13.8 Å². The fourth-order valence-corrected chi connectivity index (χ4v) is 0. The first kappa shape index (κ1) is 9.06. The van der Waals surface area contributed by atoms with Gasteiger partial charge in [-0.15, -0.1) is 6.58 Å². The van der Waals surface area contributed by atoms with E-state index in [0.717, 1.165) is 0 Å². The molecular formula is C4H8Mo. The van der Waals surface area contributed by atoms with Gasteiger partial charge in [-0.25, -0.2) is 0 Å². The van der Waals surface area contributed by atoms with Gasteiger partial charge in [-0.1, -0.05) is 5.57 Å². The van der Waals surface area contributed by atoms with Crippen molar-refractivity contribution < 1.29 is 21.1 Å². The number of hydrogen-bond acceptors (Lipinski definition) is 0. The first-order chi connectivity index (χ1) is 1.73. The molecule has 0 radical (unpaired) electrons. The smallest absolute Gasteiger partial charge is 0 e. The monoisotopic (exact) mass is 154 g/mol. The van der Waals surface area contributed by atoms with Crippen LogP contribution in [0, 0.1) is 0 Å². The molecule has 0 aliphatic heterocycles. The quantitative estimate of drug-likeness (QED) is 0.365. The Morgan fingerprint density at radius 3 is 1.40 bits per heavy atom. The first-order valence-corrected chi connectivity index (χ1v) is 1.35. The van der Waals surface area contributed by atoms with E-state index < -0.39 is 0 Å². The van der Waals surface area contributed by atoms with E-state index in [0.29, 0.717) is 0 Å². The van der Waals surface area contributed by atoms with Crippen molar-refractivity contribution in [2.24, 2.45) is 0 Å². The number of rotatable bonds is 0. The van der Waals surface area contributed by atoms with Crippen LogP contribution < -0.4 is 0 Å². The van der Waals surface area contributed by atoms with Crippen LogP contribution in [0.3, 0.4) is 0 Å². The normalized spacial score (nSPS) is 5.20. The molecule has 0 aromatic rings. The summed E-state index contributed by atoms with van der Waals surface area (Å²) < 4.78 is 0. The molecule has 0 aromatic heterocycles. The van der Waals surface area contributed by atoms with E-state index in [1.54, 1.807) is 0 Å². The molecule has 0 nitrogen and oxygen atoms in total. The summed E-state index contributed by atoms with van der Waals surface area (Å²) in [7, 11) is 0. The Labute approximate surface area is 47.5 Å². The maximum absolute atomic E-state index is 3.56. The van der Waals surface area contributed by atoms with Crippen LogP contribution in [0.15, 0.2) is 12.2 Å². The number of hydrogen-bond donors (Lipinski definition) is 0. The Hall–Kier alpha value is 0.428. The van der Waals surface area contributed by atoms with E-state index in [4.69, 9.17) is 0 Å². The molecule has 0 unspecified atom stereocenters. The van der Waals surface area contributed by atoms with Crippen LogP contribution >= 0.6 is 0 Å². The summed E-state index contributed by atoms with van der Waals surface area (Å²) in [6, 6.07) is 0. The fraction of sp³-hybridized carbons (Fsp3) is 0.500. The standard InChI is InChI=1S/C4H8.Mo/c1-4(2)3;/h1H2,2-3H3;. The van der Waals surface area contributed by atoms with Gasteiger partial charge in [0.25, 0.3) is 0 Å². The minimum Gasteiger partial charge on any atom is -0.100 e. The molecule has 0 spiro atoms. The molecule has 0 rings (SSSR count). The van der Waals surface area contributed by atoms with Crippen LogP contribution in [0.5, 0.6) is 0 Å². The van der Waals surface area contributed by atoms with E-state index in [1.807, 2.05) is 13.8 Å². The summed E-state index contributed by atoms with van der Waals surface area (Å²) >= 11 is 0. The Morgan fingerprint density at radius 1 is 1.40 bits per heavy atom. The average Bonchev–Trinajstić information content (AvgIpc) is 0.811. The summed E-state index contributed by atoms with van der Waals surface area (Å²) in [4.78, 5) is 0. The largest absolute Gasteiger partial charge is 0.100 e. The molecule has 30 valence electrons. The molecule has 1 heteroatoms. The third-order valence-electron chi connectivity index (χ3n) is 0. The molecule has 0 heterocycles. The zero-order valence-corrected chi connectivity index (χ0v) is 5.62. The van der Waals surface area contributed by atoms with E-state index >= 15 is 0 Å². The van der Waals surface area contributed by atoms with Crippen LogP contribution in [0.25, 0.3) is 0 Å². The third kappa shape index (κ3) is 142. The van der Waals surface area contributed by atoms with Crippen LogP contribution in [-0.4, -0.2) is 0 Å². The Balaban J connectivity index is 0. The second-order valence-electron chi connectivity index (χ2n) is 1.21. The molecule has 0 fully saturated rings. The van der Waals surface area contributed by atoms with E-state index in [2.05, 4.69) is 6.58 Å². The van der Waals surface area contributed by atoms with Crippen molar-refractivity contribution in [2.45, 2.75) is 13.8 Å². The topological polar surface area (TPSA) is 0 Å². The maximum atomic E-state index is 3.56. The Bertz CT molecular complexity index is 26.6. The molecule has 0 aliphatic carbocycles. The average molecular weight is 152 g/mol. The van der Waals surface area contributed by atoms with Crippen molar-refractivity contribution in [1.29, 1.82) is 0 Å². The van der Waals surface area contributed by atoms with Gasteiger partial charge < -0.3 is 0 Å². The molecule has 0 aromatic carbocycles. The SMILES string of the molecule is C=C(C)C.[Mo]. The summed E-state index contributed by atoms with van der Waals surface area (Å²) in [5.74, 6) is 0. The molecule has 0 saturated heterocycles. The van der Waals surface area contributed by atoms with Gasteiger partial charge in [-0.05, 0) is 13.8 Å². The summed E-state index contributed by atoms with van der Waals surface area (Å²) in [5, 5.41) is 0. The van der Waals surface area contributed by atoms with Gasteiger partial charge in [-0.2, -0.15) is 0 Å². The minimum absolute atomic E-state index is 0. The van der Waals surface area contributed by atoms with Gasteiger partial charge in [0.1, 0.15) is 0 Å². The Kier molecular flexibility index (Phi) is 8.02. The van der Waals surface area contributed by atoms with E-state index in [9.17, 15) is 0 Å². The van der Waals surface area contributed by atoms with Crippen molar-refractivity contribution in [2.75, 3.05) is 0 Å². The van der Waals surface area contributed by atoms with Gasteiger partial charge in [0.05, 0.1) is 0 Å². The van der Waals surface area contributed by atoms with Crippen LogP contribution in [0.2, 0.25) is 0 Å². The summed E-state index contributed by atoms with van der Waals surface area (Å²) in [6.45, 7) is 7.50. The molecular weight excluding hydrogens is 144 g/mol. The zero-order chi connectivity index (χ0) is 3.58. The zero-order valence-electron chi connectivity index (χ0n) is 3.62. The maximum Gasteiger partial charge on any atom is 0 e. The van der Waals surface area contributed by atoms with Crippen molar-refractivity contribution in [1.82, 2.24) is 0 Å². The molecule has 0 amide bonds. The van der Waals surface area contributed by atoms with E-state index in [1.165, 1.54) is 5.57 Å². The van der Waals surface area contributed by atoms with Crippen molar-refractivity contribution in [3.63, 3.8) is 0 Å². The molecule has 0 saturated carbocycles. The second kappa shape index (κ2) is 4.43.